The molecule has 1 fully saturated rings. The van der Waals surface area contributed by atoms with Crippen LogP contribution in [0.1, 0.15) is 51.9 Å². The molecule has 1 aliphatic rings. The van der Waals surface area contributed by atoms with E-state index in [1.165, 1.54) is 19.3 Å². The van der Waals surface area contributed by atoms with E-state index in [2.05, 4.69) is 10.6 Å². The number of nitrogens with one attached hydrogen (secondary N) is 2. The molecule has 1 atom stereocenters. The Labute approximate surface area is 104 Å². The van der Waals surface area contributed by atoms with Crippen LogP contribution in [0.4, 0.5) is 0 Å². The quantitative estimate of drug-likeness (QED) is 0.655. The average Bonchev–Trinajstić information content (AvgIpc) is 2.37. The van der Waals surface area contributed by atoms with Crippen molar-refractivity contribution in [1.29, 1.82) is 0 Å². The van der Waals surface area contributed by atoms with Gasteiger partial charge in [-0.1, -0.05) is 26.2 Å². The Morgan fingerprint density at radius 2 is 2.00 bits per heavy atom. The molecule has 0 bridgehead atoms. The first kappa shape index (κ1) is 14.5. The lowest BCUT2D eigenvalue weighted by molar-refractivity contribution is -0.124. The van der Waals surface area contributed by atoms with Crippen molar-refractivity contribution < 1.29 is 9.90 Å². The summed E-state index contributed by atoms with van der Waals surface area (Å²) >= 11 is 0. The molecule has 100 valence electrons. The highest BCUT2D eigenvalue weighted by molar-refractivity contribution is 5.77. The lowest BCUT2D eigenvalue weighted by Gasteiger charge is -2.37. The second kappa shape index (κ2) is 6.97. The number of carbonyl (C=O) groups excluding carboxylic acids is 1. The summed E-state index contributed by atoms with van der Waals surface area (Å²) in [6, 6.07) is -0.0972. The van der Waals surface area contributed by atoms with Crippen LogP contribution in [0.15, 0.2) is 0 Å². The zero-order valence-corrected chi connectivity index (χ0v) is 11.1. The maximum absolute atomic E-state index is 11.9. The van der Waals surface area contributed by atoms with E-state index in [4.69, 9.17) is 5.11 Å². The number of hydrogen-bond acceptors (Lipinski definition) is 3. The fourth-order valence-electron chi connectivity index (χ4n) is 2.61. The van der Waals surface area contributed by atoms with E-state index in [0.29, 0.717) is 6.42 Å². The minimum absolute atomic E-state index is 0.0178. The largest absolute Gasteiger partial charge is 0.394 e. The molecule has 0 spiro atoms. The van der Waals surface area contributed by atoms with Crippen molar-refractivity contribution in [2.75, 3.05) is 13.7 Å². The fraction of sp³-hybridized carbons (Fsp3) is 0.923. The lowest BCUT2D eigenvalue weighted by atomic mass is 9.79. The van der Waals surface area contributed by atoms with E-state index in [1.807, 2.05) is 14.0 Å². The summed E-state index contributed by atoms with van der Waals surface area (Å²) in [5.74, 6) is 0.0575. The second-order valence-corrected chi connectivity index (χ2v) is 5.12. The Morgan fingerprint density at radius 1 is 1.35 bits per heavy atom. The molecule has 17 heavy (non-hydrogen) atoms. The van der Waals surface area contributed by atoms with E-state index < -0.39 is 0 Å². The van der Waals surface area contributed by atoms with Crippen molar-refractivity contribution >= 4 is 5.91 Å². The number of rotatable bonds is 6. The predicted octanol–water partition coefficient (Wildman–Crippen LogP) is 1.19. The van der Waals surface area contributed by atoms with Gasteiger partial charge in [0, 0.05) is 12.0 Å². The first-order valence-corrected chi connectivity index (χ1v) is 6.75. The van der Waals surface area contributed by atoms with E-state index >= 15 is 0 Å². The highest BCUT2D eigenvalue weighted by Gasteiger charge is 2.32. The minimum atomic E-state index is -0.0972. The van der Waals surface area contributed by atoms with Gasteiger partial charge in [0.05, 0.1) is 12.6 Å². The summed E-state index contributed by atoms with van der Waals surface area (Å²) in [5, 5.41) is 15.3. The van der Waals surface area contributed by atoms with Gasteiger partial charge in [-0.2, -0.15) is 0 Å². The van der Waals surface area contributed by atoms with Crippen LogP contribution in [0.5, 0.6) is 0 Å². The minimum Gasteiger partial charge on any atom is -0.394 e. The van der Waals surface area contributed by atoms with Gasteiger partial charge >= 0.3 is 0 Å². The van der Waals surface area contributed by atoms with Crippen LogP contribution in [0.25, 0.3) is 0 Å². The summed E-state index contributed by atoms with van der Waals surface area (Å²) in [7, 11) is 1.95. The highest BCUT2D eigenvalue weighted by Crippen LogP contribution is 2.30. The van der Waals surface area contributed by atoms with Crippen LogP contribution >= 0.6 is 0 Å². The topological polar surface area (TPSA) is 61.4 Å². The molecular weight excluding hydrogens is 216 g/mol. The van der Waals surface area contributed by atoms with Crippen LogP contribution in [-0.4, -0.2) is 36.2 Å². The van der Waals surface area contributed by atoms with Crippen LogP contribution in [-0.2, 0) is 4.79 Å². The molecule has 3 N–H and O–H groups in total. The Kier molecular flexibility index (Phi) is 5.92. The summed E-state index contributed by atoms with van der Waals surface area (Å²) in [5.41, 5.74) is -0.0178. The number of amides is 1. The summed E-state index contributed by atoms with van der Waals surface area (Å²) < 4.78 is 0. The molecule has 0 saturated heterocycles. The van der Waals surface area contributed by atoms with Crippen molar-refractivity contribution in [3.63, 3.8) is 0 Å². The van der Waals surface area contributed by atoms with E-state index in [0.717, 1.165) is 19.3 Å². The third-order valence-electron chi connectivity index (χ3n) is 3.92. The maximum Gasteiger partial charge on any atom is 0.222 e. The van der Waals surface area contributed by atoms with E-state index in [-0.39, 0.29) is 24.1 Å². The van der Waals surface area contributed by atoms with Crippen molar-refractivity contribution in [3.05, 3.63) is 0 Å². The third kappa shape index (κ3) is 4.28. The molecule has 4 nitrogen and oxygen atoms in total. The van der Waals surface area contributed by atoms with Gasteiger partial charge in [-0.15, -0.1) is 0 Å². The normalized spacial score (nSPS) is 20.9. The van der Waals surface area contributed by atoms with E-state index in [1.54, 1.807) is 0 Å². The highest BCUT2D eigenvalue weighted by atomic mass is 16.3. The van der Waals surface area contributed by atoms with Crippen LogP contribution in [0.3, 0.4) is 0 Å². The van der Waals surface area contributed by atoms with Gasteiger partial charge in [-0.05, 0) is 26.3 Å². The Morgan fingerprint density at radius 3 is 2.47 bits per heavy atom. The van der Waals surface area contributed by atoms with Crippen molar-refractivity contribution in [1.82, 2.24) is 10.6 Å². The van der Waals surface area contributed by atoms with Gasteiger partial charge in [-0.25, -0.2) is 0 Å². The molecule has 4 heteroatoms. The molecule has 1 saturated carbocycles. The van der Waals surface area contributed by atoms with Gasteiger partial charge in [0.1, 0.15) is 0 Å². The van der Waals surface area contributed by atoms with Gasteiger partial charge in [-0.3, -0.25) is 4.79 Å². The van der Waals surface area contributed by atoms with Crippen LogP contribution < -0.4 is 10.6 Å². The van der Waals surface area contributed by atoms with Crippen molar-refractivity contribution in [2.45, 2.75) is 63.5 Å². The zero-order chi connectivity index (χ0) is 12.7. The number of aliphatic hydroxyl groups excluding tert-OH is 1. The summed E-state index contributed by atoms with van der Waals surface area (Å²) in [4.78, 5) is 11.9. The summed E-state index contributed by atoms with van der Waals surface area (Å²) in [6.07, 6.45) is 7.13. The Balaban J connectivity index is 2.47. The molecule has 0 radical (unpaired) electrons. The Hall–Kier alpha value is -0.610. The first-order chi connectivity index (χ1) is 8.15. The van der Waals surface area contributed by atoms with Crippen LogP contribution in [0.2, 0.25) is 0 Å². The third-order valence-corrected chi connectivity index (χ3v) is 3.92. The maximum atomic E-state index is 11.9. The molecule has 1 rings (SSSR count). The molecule has 0 aromatic rings. The fourth-order valence-corrected chi connectivity index (χ4v) is 2.61. The van der Waals surface area contributed by atoms with Gasteiger partial charge in [0.15, 0.2) is 0 Å². The predicted molar refractivity (Wildman–Crippen MR) is 68.8 cm³/mol. The monoisotopic (exact) mass is 242 g/mol. The summed E-state index contributed by atoms with van der Waals surface area (Å²) in [6.45, 7) is 1.99. The Bertz CT molecular complexity index is 234. The second-order valence-electron chi connectivity index (χ2n) is 5.12. The standard InChI is InChI=1S/C13H26N2O2/c1-3-11(10-16)15-12(17)9-13(14-2)7-5-4-6-8-13/h11,14,16H,3-10H2,1-2H3,(H,15,17). The first-order valence-electron chi connectivity index (χ1n) is 6.75. The average molecular weight is 242 g/mol. The molecule has 1 amide bonds. The molecule has 1 aliphatic carbocycles. The molecule has 0 aromatic carbocycles. The van der Waals surface area contributed by atoms with Gasteiger partial charge in [0.25, 0.3) is 0 Å². The SMILES string of the molecule is CCC(CO)NC(=O)CC1(NC)CCCCC1. The smallest absolute Gasteiger partial charge is 0.222 e. The van der Waals surface area contributed by atoms with Crippen molar-refractivity contribution in [3.8, 4) is 0 Å². The number of aliphatic hydroxyl groups is 1. The molecular formula is C13H26N2O2. The van der Waals surface area contributed by atoms with Crippen molar-refractivity contribution in [2.24, 2.45) is 0 Å². The molecule has 0 aromatic heterocycles. The molecule has 0 aliphatic heterocycles. The molecule has 0 heterocycles. The van der Waals surface area contributed by atoms with E-state index in [9.17, 15) is 4.79 Å². The zero-order valence-electron chi connectivity index (χ0n) is 11.1. The molecule has 1 unspecified atom stereocenters. The van der Waals surface area contributed by atoms with Gasteiger partial charge in [0.2, 0.25) is 5.91 Å². The lowest BCUT2D eigenvalue weighted by Crippen LogP contribution is -2.49. The van der Waals surface area contributed by atoms with Crippen LogP contribution in [0, 0.1) is 0 Å². The van der Waals surface area contributed by atoms with Gasteiger partial charge < -0.3 is 15.7 Å². The number of carbonyl (C=O) groups is 1. The number of hydrogen-bond donors (Lipinski definition) is 3.